The highest BCUT2D eigenvalue weighted by atomic mass is 19.1. The molecular weight excluding hydrogens is 273 g/mol. The Labute approximate surface area is 129 Å². The van der Waals surface area contributed by atoms with E-state index in [0.717, 1.165) is 40.6 Å². The van der Waals surface area contributed by atoms with E-state index >= 15 is 0 Å². The van der Waals surface area contributed by atoms with Gasteiger partial charge in [-0.25, -0.2) is 4.39 Å². The van der Waals surface area contributed by atoms with Gasteiger partial charge >= 0.3 is 0 Å². The second-order valence-corrected chi connectivity index (χ2v) is 5.47. The highest BCUT2D eigenvalue weighted by Crippen LogP contribution is 2.29. The summed E-state index contributed by atoms with van der Waals surface area (Å²) in [5.41, 5.74) is 5.10. The third-order valence-electron chi connectivity index (χ3n) is 3.93. The largest absolute Gasteiger partial charge is 0.361 e. The highest BCUT2D eigenvalue weighted by molar-refractivity contribution is 5.92. The van der Waals surface area contributed by atoms with Crippen LogP contribution in [-0.2, 0) is 0 Å². The zero-order valence-electron chi connectivity index (χ0n) is 12.4. The van der Waals surface area contributed by atoms with Crippen molar-refractivity contribution in [1.82, 2.24) is 4.98 Å². The Kier molecular flexibility index (Phi) is 3.92. The first-order valence-electron chi connectivity index (χ1n) is 7.33. The maximum Gasteiger partial charge on any atom is 0.123 e. The number of halogens is 1. The molecule has 3 aromatic rings. The summed E-state index contributed by atoms with van der Waals surface area (Å²) in [5.74, 6) is -0.228. The number of aromatic amines is 1. The van der Waals surface area contributed by atoms with Gasteiger partial charge in [-0.2, -0.15) is 0 Å². The van der Waals surface area contributed by atoms with E-state index in [4.69, 9.17) is 0 Å². The zero-order chi connectivity index (χ0) is 15.5. The number of rotatable bonds is 5. The molecule has 0 fully saturated rings. The van der Waals surface area contributed by atoms with E-state index in [-0.39, 0.29) is 5.82 Å². The summed E-state index contributed by atoms with van der Waals surface area (Å²) in [6.07, 6.45) is 3.57. The molecule has 0 saturated carbocycles. The van der Waals surface area contributed by atoms with E-state index in [1.54, 1.807) is 6.07 Å². The van der Waals surface area contributed by atoms with Gasteiger partial charge in [0.05, 0.1) is 0 Å². The highest BCUT2D eigenvalue weighted by Gasteiger charge is 2.08. The van der Waals surface area contributed by atoms with Crippen molar-refractivity contribution < 1.29 is 4.39 Å². The number of aromatic nitrogens is 1. The number of fused-ring (bicyclic) bond motifs is 1. The Morgan fingerprint density at radius 2 is 1.73 bits per heavy atom. The zero-order valence-corrected chi connectivity index (χ0v) is 12.4. The van der Waals surface area contributed by atoms with Gasteiger partial charge in [-0.05, 0) is 47.8 Å². The Morgan fingerprint density at radius 1 is 0.955 bits per heavy atom. The molecule has 0 aliphatic heterocycles. The number of benzene rings is 2. The number of allylic oxidation sites excluding steroid dienone is 2. The van der Waals surface area contributed by atoms with Crippen LogP contribution in [0.25, 0.3) is 22.0 Å². The Morgan fingerprint density at radius 3 is 2.55 bits per heavy atom. The minimum Gasteiger partial charge on any atom is -0.361 e. The monoisotopic (exact) mass is 291 g/mol. The molecule has 0 unspecified atom stereocenters. The van der Waals surface area contributed by atoms with Gasteiger partial charge in [0.1, 0.15) is 5.82 Å². The standard InChI is InChI=1S/C20H18FN/c1-14(16-6-5-7-17(21)12-16)10-11-15(2)19-13-22-20-9-4-3-8-18(19)20/h3-9,12-13,22H,1-2,10-11H2. The summed E-state index contributed by atoms with van der Waals surface area (Å²) in [7, 11) is 0. The fourth-order valence-corrected chi connectivity index (χ4v) is 2.65. The predicted molar refractivity (Wildman–Crippen MR) is 92.0 cm³/mol. The van der Waals surface area contributed by atoms with Crippen molar-refractivity contribution in [2.45, 2.75) is 12.8 Å². The predicted octanol–water partition coefficient (Wildman–Crippen LogP) is 5.81. The van der Waals surface area contributed by atoms with Crippen LogP contribution >= 0.6 is 0 Å². The lowest BCUT2D eigenvalue weighted by atomic mass is 9.96. The maximum absolute atomic E-state index is 13.3. The minimum absolute atomic E-state index is 0.228. The van der Waals surface area contributed by atoms with Crippen LogP contribution in [0.2, 0.25) is 0 Å². The quantitative estimate of drug-likeness (QED) is 0.610. The first-order valence-corrected chi connectivity index (χ1v) is 7.33. The van der Waals surface area contributed by atoms with Gasteiger partial charge < -0.3 is 4.98 Å². The van der Waals surface area contributed by atoms with Crippen molar-refractivity contribution in [3.63, 3.8) is 0 Å². The lowest BCUT2D eigenvalue weighted by molar-refractivity contribution is 0.627. The van der Waals surface area contributed by atoms with E-state index in [9.17, 15) is 4.39 Å². The molecule has 0 bridgehead atoms. The van der Waals surface area contributed by atoms with Crippen molar-refractivity contribution >= 4 is 22.0 Å². The molecule has 0 aliphatic rings. The summed E-state index contributed by atoms with van der Waals surface area (Å²) >= 11 is 0. The Hall–Kier alpha value is -2.61. The van der Waals surface area contributed by atoms with Crippen molar-refractivity contribution in [2.24, 2.45) is 0 Å². The summed E-state index contributed by atoms with van der Waals surface area (Å²) < 4.78 is 13.3. The van der Waals surface area contributed by atoms with Crippen LogP contribution in [0.5, 0.6) is 0 Å². The SMILES string of the molecule is C=C(CCC(=C)c1c[nH]c2ccccc12)c1cccc(F)c1. The van der Waals surface area contributed by atoms with Crippen LogP contribution in [-0.4, -0.2) is 4.98 Å². The first kappa shape index (κ1) is 14.3. The molecule has 0 saturated heterocycles. The number of para-hydroxylation sites is 1. The van der Waals surface area contributed by atoms with Crippen LogP contribution in [0, 0.1) is 5.82 Å². The molecule has 1 heterocycles. The molecule has 110 valence electrons. The van der Waals surface area contributed by atoms with Crippen LogP contribution in [0.3, 0.4) is 0 Å². The van der Waals surface area contributed by atoms with E-state index in [0.29, 0.717) is 0 Å². The van der Waals surface area contributed by atoms with E-state index < -0.39 is 0 Å². The van der Waals surface area contributed by atoms with Gasteiger partial charge in [0.15, 0.2) is 0 Å². The smallest absolute Gasteiger partial charge is 0.123 e. The number of hydrogen-bond acceptors (Lipinski definition) is 0. The second-order valence-electron chi connectivity index (χ2n) is 5.47. The summed E-state index contributed by atoms with van der Waals surface area (Å²) in [6.45, 7) is 8.26. The summed E-state index contributed by atoms with van der Waals surface area (Å²) in [6, 6.07) is 14.8. The second kappa shape index (κ2) is 6.02. The summed E-state index contributed by atoms with van der Waals surface area (Å²) in [5, 5.41) is 1.18. The molecule has 1 N–H and O–H groups in total. The maximum atomic E-state index is 13.3. The third kappa shape index (κ3) is 2.86. The summed E-state index contributed by atoms with van der Waals surface area (Å²) in [4.78, 5) is 3.26. The van der Waals surface area contributed by atoms with Crippen LogP contribution < -0.4 is 0 Å². The average molecular weight is 291 g/mol. The van der Waals surface area contributed by atoms with Crippen molar-refractivity contribution in [3.8, 4) is 0 Å². The molecule has 0 atom stereocenters. The number of H-pyrrole nitrogens is 1. The van der Waals surface area contributed by atoms with Crippen molar-refractivity contribution in [3.05, 3.63) is 84.8 Å². The normalized spacial score (nSPS) is 10.8. The topological polar surface area (TPSA) is 15.8 Å². The molecule has 0 spiro atoms. The molecule has 3 rings (SSSR count). The molecule has 2 aromatic carbocycles. The van der Waals surface area contributed by atoms with Gasteiger partial charge in [-0.15, -0.1) is 0 Å². The van der Waals surface area contributed by atoms with Gasteiger partial charge in [0.25, 0.3) is 0 Å². The van der Waals surface area contributed by atoms with Crippen molar-refractivity contribution in [2.75, 3.05) is 0 Å². The lowest BCUT2D eigenvalue weighted by Crippen LogP contribution is -1.87. The molecule has 1 aromatic heterocycles. The first-order chi connectivity index (χ1) is 10.6. The van der Waals surface area contributed by atoms with Crippen LogP contribution in [0.15, 0.2) is 67.9 Å². The lowest BCUT2D eigenvalue weighted by Gasteiger charge is -2.08. The average Bonchev–Trinajstić information content (AvgIpc) is 2.96. The van der Waals surface area contributed by atoms with Gasteiger partial charge in [-0.1, -0.05) is 43.5 Å². The molecule has 2 heteroatoms. The molecule has 0 amide bonds. The Bertz CT molecular complexity index is 842. The fraction of sp³-hybridized carbons (Fsp3) is 0.100. The van der Waals surface area contributed by atoms with Crippen molar-refractivity contribution in [1.29, 1.82) is 0 Å². The number of nitrogens with one attached hydrogen (secondary N) is 1. The Balaban J connectivity index is 1.71. The molecule has 22 heavy (non-hydrogen) atoms. The molecule has 0 aliphatic carbocycles. The third-order valence-corrected chi connectivity index (χ3v) is 3.93. The molecular formula is C20H18FN. The van der Waals surface area contributed by atoms with Gasteiger partial charge in [-0.3, -0.25) is 0 Å². The fourth-order valence-electron chi connectivity index (χ4n) is 2.65. The van der Waals surface area contributed by atoms with E-state index in [2.05, 4.69) is 30.3 Å². The van der Waals surface area contributed by atoms with Crippen LogP contribution in [0.1, 0.15) is 24.0 Å². The van der Waals surface area contributed by atoms with E-state index in [1.807, 2.05) is 24.4 Å². The molecule has 1 nitrogen and oxygen atoms in total. The van der Waals surface area contributed by atoms with Crippen LogP contribution in [0.4, 0.5) is 4.39 Å². The minimum atomic E-state index is -0.228. The molecule has 0 radical (unpaired) electrons. The van der Waals surface area contributed by atoms with E-state index in [1.165, 1.54) is 17.5 Å². The number of hydrogen-bond donors (Lipinski definition) is 1. The van der Waals surface area contributed by atoms with Gasteiger partial charge in [0.2, 0.25) is 0 Å². The van der Waals surface area contributed by atoms with Gasteiger partial charge in [0, 0.05) is 22.7 Å².